The second-order valence-corrected chi connectivity index (χ2v) is 4.38. The van der Waals surface area contributed by atoms with Gasteiger partial charge in [-0.05, 0) is 29.8 Å². The Morgan fingerprint density at radius 1 is 1.17 bits per heavy atom. The van der Waals surface area contributed by atoms with Crippen LogP contribution in [0, 0.1) is 0 Å². The van der Waals surface area contributed by atoms with Gasteiger partial charge in [-0.1, -0.05) is 0 Å². The number of fused-ring (bicyclic) bond motifs is 1. The fraction of sp³-hybridized carbons (Fsp3) is 0.0769. The molecule has 0 fully saturated rings. The molecule has 23 heavy (non-hydrogen) atoms. The number of H-pyrrole nitrogens is 2. The van der Waals surface area contributed by atoms with Crippen molar-refractivity contribution >= 4 is 23.3 Å². The Balaban J connectivity index is 1.79. The normalized spacial score (nSPS) is 11.0. The van der Waals surface area contributed by atoms with Crippen LogP contribution in [0.15, 0.2) is 39.0 Å². The maximum Gasteiger partial charge on any atom is 0.327 e. The van der Waals surface area contributed by atoms with Crippen molar-refractivity contribution in [1.82, 2.24) is 25.1 Å². The van der Waals surface area contributed by atoms with Gasteiger partial charge < -0.3 is 4.74 Å². The van der Waals surface area contributed by atoms with Crippen LogP contribution in [-0.4, -0.2) is 38.5 Å². The molecule has 2 heterocycles. The fourth-order valence-corrected chi connectivity index (χ4v) is 1.77. The molecule has 3 aromatic rings. The van der Waals surface area contributed by atoms with Crippen molar-refractivity contribution in [1.29, 1.82) is 0 Å². The number of hydrazone groups is 1. The Bertz CT molecular complexity index is 975. The lowest BCUT2D eigenvalue weighted by Crippen LogP contribution is -2.23. The molecule has 3 N–H and O–H groups in total. The second-order valence-electron chi connectivity index (χ2n) is 4.38. The van der Waals surface area contributed by atoms with E-state index in [0.29, 0.717) is 0 Å². The SMILES string of the molecule is COc1ccc(/C=N\Nc2nnc3c(=O)[nH]c(=O)[nH]c3n2)cc1. The summed E-state index contributed by atoms with van der Waals surface area (Å²) in [5, 5.41) is 11.4. The molecule has 0 saturated carbocycles. The highest BCUT2D eigenvalue weighted by molar-refractivity contribution is 5.80. The van der Waals surface area contributed by atoms with Crippen LogP contribution in [0.4, 0.5) is 5.95 Å². The minimum Gasteiger partial charge on any atom is -0.497 e. The summed E-state index contributed by atoms with van der Waals surface area (Å²) in [6.07, 6.45) is 1.55. The number of aromatic nitrogens is 5. The van der Waals surface area contributed by atoms with E-state index in [1.807, 2.05) is 17.1 Å². The molecule has 0 aliphatic rings. The first-order valence-electron chi connectivity index (χ1n) is 6.46. The number of hydrogen-bond donors (Lipinski definition) is 3. The van der Waals surface area contributed by atoms with Crippen molar-refractivity contribution in [3.63, 3.8) is 0 Å². The van der Waals surface area contributed by atoms with Gasteiger partial charge in [0.2, 0.25) is 0 Å². The smallest absolute Gasteiger partial charge is 0.327 e. The van der Waals surface area contributed by atoms with Gasteiger partial charge in [0.25, 0.3) is 11.5 Å². The fourth-order valence-electron chi connectivity index (χ4n) is 1.77. The molecule has 0 amide bonds. The molecule has 0 spiro atoms. The van der Waals surface area contributed by atoms with E-state index in [2.05, 4.69) is 30.7 Å². The minimum absolute atomic E-state index is 0.0240. The van der Waals surface area contributed by atoms with Crippen LogP contribution < -0.4 is 21.4 Å². The molecule has 0 aliphatic heterocycles. The molecule has 0 saturated heterocycles. The van der Waals surface area contributed by atoms with Crippen molar-refractivity contribution in [2.24, 2.45) is 5.10 Å². The highest BCUT2D eigenvalue weighted by Crippen LogP contribution is 2.09. The standard InChI is InChI=1S/C13H11N7O3/c1-23-8-4-2-7(3-5-8)6-14-19-12-15-10-9(18-20-12)11(21)17-13(22)16-10/h2-6H,1H3,(H3,15,16,17,19,20,21,22)/b14-6-. The van der Waals surface area contributed by atoms with Gasteiger partial charge in [0.1, 0.15) is 5.75 Å². The zero-order valence-electron chi connectivity index (χ0n) is 11.9. The van der Waals surface area contributed by atoms with Crippen LogP contribution in [0.3, 0.4) is 0 Å². The number of rotatable bonds is 4. The van der Waals surface area contributed by atoms with E-state index in [4.69, 9.17) is 4.74 Å². The van der Waals surface area contributed by atoms with Gasteiger partial charge >= 0.3 is 5.69 Å². The third kappa shape index (κ3) is 3.20. The first kappa shape index (κ1) is 14.4. The molecule has 3 rings (SSSR count). The molecular formula is C13H11N7O3. The summed E-state index contributed by atoms with van der Waals surface area (Å²) in [5.74, 6) is 0.787. The molecule has 0 atom stereocenters. The number of benzene rings is 1. The molecule has 2 aromatic heterocycles. The molecule has 10 heteroatoms. The topological polar surface area (TPSA) is 138 Å². The van der Waals surface area contributed by atoms with E-state index >= 15 is 0 Å². The Morgan fingerprint density at radius 3 is 2.70 bits per heavy atom. The molecule has 10 nitrogen and oxygen atoms in total. The summed E-state index contributed by atoms with van der Waals surface area (Å²) < 4.78 is 5.06. The first-order chi connectivity index (χ1) is 11.2. The number of nitrogens with one attached hydrogen (secondary N) is 3. The van der Waals surface area contributed by atoms with Crippen molar-refractivity contribution in [3.8, 4) is 5.75 Å². The monoisotopic (exact) mass is 313 g/mol. The first-order valence-corrected chi connectivity index (χ1v) is 6.46. The van der Waals surface area contributed by atoms with Crippen LogP contribution in [0.1, 0.15) is 5.56 Å². The van der Waals surface area contributed by atoms with E-state index in [-0.39, 0.29) is 17.1 Å². The van der Waals surface area contributed by atoms with Crippen LogP contribution in [0.25, 0.3) is 11.2 Å². The number of ether oxygens (including phenoxy) is 1. The van der Waals surface area contributed by atoms with E-state index in [0.717, 1.165) is 11.3 Å². The third-order valence-corrected chi connectivity index (χ3v) is 2.85. The highest BCUT2D eigenvalue weighted by atomic mass is 16.5. The van der Waals surface area contributed by atoms with Gasteiger partial charge in [-0.3, -0.25) is 14.8 Å². The van der Waals surface area contributed by atoms with E-state index in [1.54, 1.807) is 25.5 Å². The molecule has 0 unspecified atom stereocenters. The number of methoxy groups -OCH3 is 1. The van der Waals surface area contributed by atoms with Gasteiger partial charge in [-0.25, -0.2) is 10.2 Å². The minimum atomic E-state index is -0.671. The zero-order chi connectivity index (χ0) is 16.2. The lowest BCUT2D eigenvalue weighted by Gasteiger charge is -2.00. The summed E-state index contributed by atoms with van der Waals surface area (Å²) in [6.45, 7) is 0. The molecular weight excluding hydrogens is 302 g/mol. The summed E-state index contributed by atoms with van der Waals surface area (Å²) in [5.41, 5.74) is 2.04. The average molecular weight is 313 g/mol. The molecule has 116 valence electrons. The van der Waals surface area contributed by atoms with Gasteiger partial charge in [-0.2, -0.15) is 10.1 Å². The van der Waals surface area contributed by atoms with Gasteiger partial charge in [0, 0.05) is 0 Å². The van der Waals surface area contributed by atoms with Crippen molar-refractivity contribution < 1.29 is 4.74 Å². The highest BCUT2D eigenvalue weighted by Gasteiger charge is 2.05. The number of nitrogens with zero attached hydrogens (tertiary/aromatic N) is 4. The molecule has 0 radical (unpaired) electrons. The Kier molecular flexibility index (Phi) is 3.78. The summed E-state index contributed by atoms with van der Waals surface area (Å²) in [4.78, 5) is 31.1. The van der Waals surface area contributed by atoms with Gasteiger partial charge in [0.15, 0.2) is 11.2 Å². The van der Waals surface area contributed by atoms with E-state index < -0.39 is 11.2 Å². The van der Waals surface area contributed by atoms with Crippen LogP contribution in [-0.2, 0) is 0 Å². The maximum atomic E-state index is 11.5. The van der Waals surface area contributed by atoms with Crippen molar-refractivity contribution in [3.05, 3.63) is 50.7 Å². The van der Waals surface area contributed by atoms with Crippen molar-refractivity contribution in [2.75, 3.05) is 12.5 Å². The molecule has 1 aromatic carbocycles. The number of hydrogen-bond acceptors (Lipinski definition) is 8. The van der Waals surface area contributed by atoms with Crippen LogP contribution in [0.2, 0.25) is 0 Å². The summed E-state index contributed by atoms with van der Waals surface area (Å²) in [6, 6.07) is 7.24. The Hall–Kier alpha value is -3.56. The molecule has 0 bridgehead atoms. The second kappa shape index (κ2) is 6.05. The number of anilines is 1. The molecule has 0 aliphatic carbocycles. The summed E-state index contributed by atoms with van der Waals surface area (Å²) >= 11 is 0. The van der Waals surface area contributed by atoms with Crippen LogP contribution in [0.5, 0.6) is 5.75 Å². The average Bonchev–Trinajstić information content (AvgIpc) is 2.55. The lowest BCUT2D eigenvalue weighted by atomic mass is 10.2. The maximum absolute atomic E-state index is 11.5. The van der Waals surface area contributed by atoms with E-state index in [9.17, 15) is 9.59 Å². The zero-order valence-corrected chi connectivity index (χ0v) is 11.9. The largest absolute Gasteiger partial charge is 0.497 e. The van der Waals surface area contributed by atoms with Gasteiger partial charge in [-0.15, -0.1) is 10.2 Å². The Morgan fingerprint density at radius 2 is 1.96 bits per heavy atom. The number of aromatic amines is 2. The van der Waals surface area contributed by atoms with Crippen LogP contribution >= 0.6 is 0 Å². The summed E-state index contributed by atoms with van der Waals surface area (Å²) in [7, 11) is 1.59. The predicted molar refractivity (Wildman–Crippen MR) is 82.8 cm³/mol. The predicted octanol–water partition coefficient (Wildman–Crippen LogP) is -0.144. The third-order valence-electron chi connectivity index (χ3n) is 2.85. The van der Waals surface area contributed by atoms with Crippen molar-refractivity contribution in [2.45, 2.75) is 0 Å². The Labute approximate surface area is 128 Å². The quantitative estimate of drug-likeness (QED) is 0.450. The lowest BCUT2D eigenvalue weighted by molar-refractivity contribution is 0.415. The van der Waals surface area contributed by atoms with Gasteiger partial charge in [0.05, 0.1) is 13.3 Å². The van der Waals surface area contributed by atoms with E-state index in [1.165, 1.54) is 0 Å².